The zero-order valence-corrected chi connectivity index (χ0v) is 11.0. The maximum absolute atomic E-state index is 12.1. The van der Waals surface area contributed by atoms with Crippen LogP contribution in [0, 0.1) is 17.3 Å². The van der Waals surface area contributed by atoms with E-state index >= 15 is 0 Å². The van der Waals surface area contributed by atoms with Crippen molar-refractivity contribution in [3.05, 3.63) is 23.8 Å². The predicted octanol–water partition coefficient (Wildman–Crippen LogP) is 2.88. The summed E-state index contributed by atoms with van der Waals surface area (Å²) in [6.45, 7) is 10.2. The monoisotopic (exact) mass is 234 g/mol. The normalized spacial score (nSPS) is 40.2. The smallest absolute Gasteiger partial charge is 0.186 e. The summed E-state index contributed by atoms with van der Waals surface area (Å²) >= 11 is 0. The fourth-order valence-corrected chi connectivity index (χ4v) is 3.42. The molecule has 0 aliphatic heterocycles. The summed E-state index contributed by atoms with van der Waals surface area (Å²) in [7, 11) is 0. The van der Waals surface area contributed by atoms with Gasteiger partial charge in [0.05, 0.1) is 0 Å². The molecular formula is C15H22O2. The van der Waals surface area contributed by atoms with Crippen LogP contribution in [0.5, 0.6) is 0 Å². The molecule has 2 aliphatic carbocycles. The largest absolute Gasteiger partial charge is 0.385 e. The standard InChI is InChI=1S/C15H22O2/c1-9-6-5-7-10(2)13(16)14(17)12-11(9)8-15(12,3)4/h7,11-12,14,17H,1,5-6,8H2,2-4H3/b10-7-/t11-,12+,14-/m1/s1. The number of allylic oxidation sites excluding steroid dienone is 2. The lowest BCUT2D eigenvalue weighted by molar-refractivity contribution is -0.139. The van der Waals surface area contributed by atoms with E-state index in [1.54, 1.807) is 6.92 Å². The Bertz CT molecular complexity index is 390. The van der Waals surface area contributed by atoms with E-state index < -0.39 is 6.10 Å². The van der Waals surface area contributed by atoms with E-state index in [1.165, 1.54) is 5.57 Å². The van der Waals surface area contributed by atoms with Crippen LogP contribution < -0.4 is 0 Å². The van der Waals surface area contributed by atoms with Crippen molar-refractivity contribution in [3.8, 4) is 0 Å². The molecule has 0 heterocycles. The van der Waals surface area contributed by atoms with Gasteiger partial charge in [-0.3, -0.25) is 4.79 Å². The van der Waals surface area contributed by atoms with Gasteiger partial charge < -0.3 is 5.11 Å². The van der Waals surface area contributed by atoms with Gasteiger partial charge in [0.1, 0.15) is 6.10 Å². The molecule has 2 nitrogen and oxygen atoms in total. The molecule has 2 heteroatoms. The third kappa shape index (κ3) is 1.99. The first kappa shape index (κ1) is 12.6. The number of hydrogen-bond donors (Lipinski definition) is 1. The summed E-state index contributed by atoms with van der Waals surface area (Å²) in [6.07, 6.45) is 3.94. The number of aliphatic hydroxyl groups excluding tert-OH is 1. The molecule has 1 N–H and O–H groups in total. The summed E-state index contributed by atoms with van der Waals surface area (Å²) < 4.78 is 0. The van der Waals surface area contributed by atoms with E-state index in [2.05, 4.69) is 20.4 Å². The van der Waals surface area contributed by atoms with Crippen LogP contribution in [0.2, 0.25) is 0 Å². The lowest BCUT2D eigenvalue weighted by Crippen LogP contribution is -2.53. The molecule has 0 spiro atoms. The van der Waals surface area contributed by atoms with Gasteiger partial charge in [-0.1, -0.05) is 32.1 Å². The summed E-state index contributed by atoms with van der Waals surface area (Å²) in [5.41, 5.74) is 1.95. The fourth-order valence-electron chi connectivity index (χ4n) is 3.42. The molecule has 1 fully saturated rings. The zero-order valence-electron chi connectivity index (χ0n) is 11.0. The summed E-state index contributed by atoms with van der Waals surface area (Å²) in [4.78, 5) is 12.1. The Kier molecular flexibility index (Phi) is 3.03. The summed E-state index contributed by atoms with van der Waals surface area (Å²) in [5, 5.41) is 10.3. The minimum atomic E-state index is -0.852. The number of fused-ring (bicyclic) bond motifs is 1. The molecule has 0 saturated heterocycles. The Morgan fingerprint density at radius 3 is 2.71 bits per heavy atom. The SMILES string of the molecule is C=C1CC/C=C(/C)C(=O)[C@H](O)[C@@H]2[C@@H]1CC2(C)C. The van der Waals surface area contributed by atoms with Crippen LogP contribution in [0.1, 0.15) is 40.0 Å². The molecule has 0 bridgehead atoms. The molecule has 2 aliphatic rings. The maximum atomic E-state index is 12.1. The van der Waals surface area contributed by atoms with E-state index in [1.807, 2.05) is 6.08 Å². The first-order chi connectivity index (χ1) is 7.84. The highest BCUT2D eigenvalue weighted by Gasteiger charge is 2.53. The van der Waals surface area contributed by atoms with Gasteiger partial charge in [-0.15, -0.1) is 0 Å². The highest BCUT2D eigenvalue weighted by molar-refractivity contribution is 5.98. The van der Waals surface area contributed by atoms with Gasteiger partial charge in [0, 0.05) is 5.92 Å². The number of Topliss-reactive ketones (excluding diaryl/α,β-unsaturated/α-hetero) is 1. The number of carbonyl (C=O) groups excluding carboxylic acids is 1. The Hall–Kier alpha value is -0.890. The molecule has 3 atom stereocenters. The van der Waals surface area contributed by atoms with Crippen molar-refractivity contribution in [3.63, 3.8) is 0 Å². The van der Waals surface area contributed by atoms with Crippen molar-refractivity contribution >= 4 is 5.78 Å². The fraction of sp³-hybridized carbons (Fsp3) is 0.667. The van der Waals surface area contributed by atoms with Crippen molar-refractivity contribution in [2.24, 2.45) is 17.3 Å². The Morgan fingerprint density at radius 2 is 2.12 bits per heavy atom. The summed E-state index contributed by atoms with van der Waals surface area (Å²) in [6, 6.07) is 0. The average molecular weight is 234 g/mol. The van der Waals surface area contributed by atoms with E-state index in [0.29, 0.717) is 11.5 Å². The molecule has 0 aromatic carbocycles. The van der Waals surface area contributed by atoms with Crippen molar-refractivity contribution in [2.45, 2.75) is 46.1 Å². The van der Waals surface area contributed by atoms with Gasteiger partial charge in [0.15, 0.2) is 5.78 Å². The van der Waals surface area contributed by atoms with Gasteiger partial charge in [0.2, 0.25) is 0 Å². The highest BCUT2D eigenvalue weighted by atomic mass is 16.3. The number of carbonyl (C=O) groups is 1. The topological polar surface area (TPSA) is 37.3 Å². The third-order valence-electron chi connectivity index (χ3n) is 4.52. The molecule has 1 saturated carbocycles. The second-order valence-electron chi connectivity index (χ2n) is 6.22. The number of aliphatic hydroxyl groups is 1. The van der Waals surface area contributed by atoms with Crippen LogP contribution in [0.15, 0.2) is 23.8 Å². The average Bonchev–Trinajstić information content (AvgIpc) is 2.26. The molecular weight excluding hydrogens is 212 g/mol. The van der Waals surface area contributed by atoms with Crippen molar-refractivity contribution in [1.29, 1.82) is 0 Å². The molecule has 0 radical (unpaired) electrons. The molecule has 0 aromatic heterocycles. The van der Waals surface area contributed by atoms with Crippen LogP contribution in [0.25, 0.3) is 0 Å². The predicted molar refractivity (Wildman–Crippen MR) is 68.5 cm³/mol. The second-order valence-corrected chi connectivity index (χ2v) is 6.22. The molecule has 0 amide bonds. The van der Waals surface area contributed by atoms with E-state index in [9.17, 15) is 9.90 Å². The highest BCUT2D eigenvalue weighted by Crippen LogP contribution is 2.56. The quantitative estimate of drug-likeness (QED) is 0.654. The maximum Gasteiger partial charge on any atom is 0.186 e. The minimum absolute atomic E-state index is 0.0453. The zero-order chi connectivity index (χ0) is 12.8. The molecule has 0 unspecified atom stereocenters. The van der Waals surface area contributed by atoms with Gasteiger partial charge in [-0.2, -0.15) is 0 Å². The Balaban J connectivity index is 2.33. The van der Waals surface area contributed by atoms with Crippen molar-refractivity contribution in [1.82, 2.24) is 0 Å². The van der Waals surface area contributed by atoms with Crippen LogP contribution in [0.4, 0.5) is 0 Å². The third-order valence-corrected chi connectivity index (χ3v) is 4.52. The summed E-state index contributed by atoms with van der Waals surface area (Å²) in [5.74, 6) is 0.273. The first-order valence-corrected chi connectivity index (χ1v) is 6.41. The lowest BCUT2D eigenvalue weighted by Gasteiger charge is -2.54. The Labute approximate surface area is 103 Å². The molecule has 17 heavy (non-hydrogen) atoms. The van der Waals surface area contributed by atoms with Crippen LogP contribution in [0.3, 0.4) is 0 Å². The second kappa shape index (κ2) is 4.09. The first-order valence-electron chi connectivity index (χ1n) is 6.41. The molecule has 94 valence electrons. The van der Waals surface area contributed by atoms with Gasteiger partial charge in [0.25, 0.3) is 0 Å². The van der Waals surface area contributed by atoms with Gasteiger partial charge in [-0.05, 0) is 43.1 Å². The van der Waals surface area contributed by atoms with E-state index in [-0.39, 0.29) is 17.1 Å². The van der Waals surface area contributed by atoms with E-state index in [4.69, 9.17) is 0 Å². The minimum Gasteiger partial charge on any atom is -0.385 e. The van der Waals surface area contributed by atoms with E-state index in [0.717, 1.165) is 19.3 Å². The van der Waals surface area contributed by atoms with Crippen LogP contribution in [-0.2, 0) is 4.79 Å². The molecule has 0 aromatic rings. The van der Waals surface area contributed by atoms with Gasteiger partial charge in [-0.25, -0.2) is 0 Å². The lowest BCUT2D eigenvalue weighted by atomic mass is 9.51. The number of hydrogen-bond acceptors (Lipinski definition) is 2. The van der Waals surface area contributed by atoms with Gasteiger partial charge >= 0.3 is 0 Å². The van der Waals surface area contributed by atoms with Crippen LogP contribution >= 0.6 is 0 Å². The van der Waals surface area contributed by atoms with Crippen molar-refractivity contribution < 1.29 is 9.90 Å². The van der Waals surface area contributed by atoms with Crippen molar-refractivity contribution in [2.75, 3.05) is 0 Å². The number of ketones is 1. The Morgan fingerprint density at radius 1 is 1.47 bits per heavy atom. The molecule has 2 rings (SSSR count). The van der Waals surface area contributed by atoms with Crippen LogP contribution in [-0.4, -0.2) is 17.0 Å². The number of rotatable bonds is 0.